The molecule has 0 fully saturated rings. The van der Waals surface area contributed by atoms with Crippen LogP contribution in [0.3, 0.4) is 0 Å². The Morgan fingerprint density at radius 2 is 1.74 bits per heavy atom. The number of guanidine groups is 1. The van der Waals surface area contributed by atoms with Gasteiger partial charge >= 0.3 is 0 Å². The summed E-state index contributed by atoms with van der Waals surface area (Å²) >= 11 is 0. The molecule has 0 saturated heterocycles. The van der Waals surface area contributed by atoms with Crippen LogP contribution in [0, 0.1) is 0 Å². The van der Waals surface area contributed by atoms with E-state index in [1.165, 1.54) is 16.7 Å². The van der Waals surface area contributed by atoms with Gasteiger partial charge in [0.2, 0.25) is 0 Å². The van der Waals surface area contributed by atoms with Crippen molar-refractivity contribution < 1.29 is 0 Å². The fraction of sp³-hybridized carbons (Fsp3) is 0.316. The predicted octanol–water partition coefficient (Wildman–Crippen LogP) is 3.65. The molecule has 2 aromatic carbocycles. The maximum absolute atomic E-state index is 4.46. The van der Waals surface area contributed by atoms with E-state index in [4.69, 9.17) is 0 Å². The number of hydrogen-bond acceptors (Lipinski definition) is 3. The van der Waals surface area contributed by atoms with E-state index in [1.54, 1.807) is 0 Å². The molecule has 0 aromatic heterocycles. The van der Waals surface area contributed by atoms with Crippen LogP contribution in [0.1, 0.15) is 18.9 Å². The van der Waals surface area contributed by atoms with E-state index in [0.29, 0.717) is 6.04 Å². The Bertz CT molecular complexity index is 623. The van der Waals surface area contributed by atoms with Gasteiger partial charge in [0.05, 0.1) is 0 Å². The first-order valence-electron chi connectivity index (χ1n) is 8.00. The SMILES string of the molecule is CC(Cc1ccc(-c2ccccc2)cc1)NC1=NCCCN1.Cl. The van der Waals surface area contributed by atoms with Crippen LogP contribution in [-0.2, 0) is 6.42 Å². The topological polar surface area (TPSA) is 36.4 Å². The van der Waals surface area contributed by atoms with Crippen LogP contribution in [0.2, 0.25) is 0 Å². The summed E-state index contributed by atoms with van der Waals surface area (Å²) in [5.41, 5.74) is 3.88. The highest BCUT2D eigenvalue weighted by atomic mass is 35.5. The van der Waals surface area contributed by atoms with Crippen molar-refractivity contribution in [2.75, 3.05) is 13.1 Å². The highest BCUT2D eigenvalue weighted by Crippen LogP contribution is 2.19. The number of benzene rings is 2. The molecule has 1 aliphatic rings. The van der Waals surface area contributed by atoms with Crippen molar-refractivity contribution in [2.24, 2.45) is 4.99 Å². The molecule has 1 atom stereocenters. The Morgan fingerprint density at radius 3 is 2.39 bits per heavy atom. The van der Waals surface area contributed by atoms with Gasteiger partial charge in [-0.05, 0) is 36.5 Å². The Balaban J connectivity index is 0.00000192. The lowest BCUT2D eigenvalue weighted by molar-refractivity contribution is 0.619. The van der Waals surface area contributed by atoms with E-state index in [-0.39, 0.29) is 12.4 Å². The molecule has 122 valence electrons. The zero-order chi connectivity index (χ0) is 15.2. The first-order valence-corrected chi connectivity index (χ1v) is 8.00. The average molecular weight is 330 g/mol. The third-order valence-corrected chi connectivity index (χ3v) is 3.88. The van der Waals surface area contributed by atoms with Crippen LogP contribution in [0.25, 0.3) is 11.1 Å². The maximum Gasteiger partial charge on any atom is 0.191 e. The second-order valence-corrected chi connectivity index (χ2v) is 5.82. The van der Waals surface area contributed by atoms with Gasteiger partial charge in [-0.25, -0.2) is 0 Å². The Kier molecular flexibility index (Phi) is 6.48. The first-order chi connectivity index (χ1) is 10.8. The lowest BCUT2D eigenvalue weighted by atomic mass is 10.0. The summed E-state index contributed by atoms with van der Waals surface area (Å²) in [6.07, 6.45) is 2.12. The molecule has 0 radical (unpaired) electrons. The lowest BCUT2D eigenvalue weighted by Gasteiger charge is -2.20. The minimum atomic E-state index is 0. The van der Waals surface area contributed by atoms with Crippen LogP contribution in [0.4, 0.5) is 0 Å². The van der Waals surface area contributed by atoms with Gasteiger partial charge in [0, 0.05) is 19.1 Å². The number of rotatable bonds is 4. The molecule has 3 nitrogen and oxygen atoms in total. The van der Waals surface area contributed by atoms with Gasteiger partial charge in [0.15, 0.2) is 5.96 Å². The van der Waals surface area contributed by atoms with Gasteiger partial charge in [0.1, 0.15) is 0 Å². The van der Waals surface area contributed by atoms with Crippen molar-refractivity contribution in [2.45, 2.75) is 25.8 Å². The first kappa shape index (κ1) is 17.4. The van der Waals surface area contributed by atoms with Crippen LogP contribution in [0.15, 0.2) is 59.6 Å². The van der Waals surface area contributed by atoms with Crippen molar-refractivity contribution in [3.8, 4) is 11.1 Å². The third-order valence-electron chi connectivity index (χ3n) is 3.88. The van der Waals surface area contributed by atoms with Crippen LogP contribution >= 0.6 is 12.4 Å². The van der Waals surface area contributed by atoms with Crippen LogP contribution < -0.4 is 10.6 Å². The predicted molar refractivity (Wildman–Crippen MR) is 100 cm³/mol. The van der Waals surface area contributed by atoms with Gasteiger partial charge in [0.25, 0.3) is 0 Å². The zero-order valence-corrected chi connectivity index (χ0v) is 14.3. The minimum Gasteiger partial charge on any atom is -0.356 e. The minimum absolute atomic E-state index is 0. The van der Waals surface area contributed by atoms with Crippen molar-refractivity contribution >= 4 is 18.4 Å². The molecule has 0 saturated carbocycles. The van der Waals surface area contributed by atoms with Gasteiger partial charge in [-0.2, -0.15) is 0 Å². The Labute approximate surface area is 144 Å². The Morgan fingerprint density at radius 1 is 1.04 bits per heavy atom. The van der Waals surface area contributed by atoms with E-state index < -0.39 is 0 Å². The molecule has 2 N–H and O–H groups in total. The summed E-state index contributed by atoms with van der Waals surface area (Å²) in [6, 6.07) is 19.7. The fourth-order valence-electron chi connectivity index (χ4n) is 2.73. The van der Waals surface area contributed by atoms with Gasteiger partial charge in [-0.3, -0.25) is 4.99 Å². The zero-order valence-electron chi connectivity index (χ0n) is 13.5. The largest absolute Gasteiger partial charge is 0.356 e. The van der Waals surface area contributed by atoms with E-state index >= 15 is 0 Å². The standard InChI is InChI=1S/C19H23N3.ClH/c1-15(22-19-20-12-5-13-21-19)14-16-8-10-18(11-9-16)17-6-3-2-4-7-17;/h2-4,6-11,15H,5,12-14H2,1H3,(H2,20,21,22);1H. The molecule has 1 heterocycles. The summed E-state index contributed by atoms with van der Waals surface area (Å²) in [5.74, 6) is 0.944. The monoisotopic (exact) mass is 329 g/mol. The second kappa shape index (κ2) is 8.59. The van der Waals surface area contributed by atoms with Crippen LogP contribution in [0.5, 0.6) is 0 Å². The number of nitrogens with zero attached hydrogens (tertiary/aromatic N) is 1. The molecule has 23 heavy (non-hydrogen) atoms. The Hall–Kier alpha value is -2.00. The maximum atomic E-state index is 4.46. The van der Waals surface area contributed by atoms with Crippen molar-refractivity contribution in [1.29, 1.82) is 0 Å². The summed E-state index contributed by atoms with van der Waals surface area (Å²) in [6.45, 7) is 4.14. The van der Waals surface area contributed by atoms with Gasteiger partial charge in [-0.15, -0.1) is 12.4 Å². The molecule has 3 rings (SSSR count). The summed E-state index contributed by atoms with van der Waals surface area (Å²) in [4.78, 5) is 4.46. The number of aliphatic imine (C=N–C) groups is 1. The van der Waals surface area contributed by atoms with E-state index in [9.17, 15) is 0 Å². The molecule has 0 spiro atoms. The third kappa shape index (κ3) is 5.00. The molecule has 1 aliphatic heterocycles. The van der Waals surface area contributed by atoms with Gasteiger partial charge in [-0.1, -0.05) is 54.6 Å². The van der Waals surface area contributed by atoms with Crippen molar-refractivity contribution in [1.82, 2.24) is 10.6 Å². The number of hydrogen-bond donors (Lipinski definition) is 2. The van der Waals surface area contributed by atoms with E-state index in [0.717, 1.165) is 31.9 Å². The normalized spacial score (nSPS) is 14.9. The lowest BCUT2D eigenvalue weighted by Crippen LogP contribution is -2.45. The summed E-state index contributed by atoms with van der Waals surface area (Å²) in [7, 11) is 0. The highest BCUT2D eigenvalue weighted by Gasteiger charge is 2.08. The molecular weight excluding hydrogens is 306 g/mol. The van der Waals surface area contributed by atoms with E-state index in [1.807, 2.05) is 6.07 Å². The van der Waals surface area contributed by atoms with Crippen molar-refractivity contribution in [3.05, 3.63) is 60.2 Å². The summed E-state index contributed by atoms with van der Waals surface area (Å²) < 4.78 is 0. The molecule has 0 amide bonds. The van der Waals surface area contributed by atoms with E-state index in [2.05, 4.69) is 71.1 Å². The van der Waals surface area contributed by atoms with Crippen LogP contribution in [-0.4, -0.2) is 25.1 Å². The number of nitrogens with one attached hydrogen (secondary N) is 2. The molecule has 2 aromatic rings. The highest BCUT2D eigenvalue weighted by molar-refractivity contribution is 5.85. The fourth-order valence-corrected chi connectivity index (χ4v) is 2.73. The molecule has 0 aliphatic carbocycles. The molecule has 0 bridgehead atoms. The number of halogens is 1. The quantitative estimate of drug-likeness (QED) is 0.898. The summed E-state index contributed by atoms with van der Waals surface area (Å²) in [5, 5.41) is 6.76. The molecule has 1 unspecified atom stereocenters. The molecule has 4 heteroatoms. The second-order valence-electron chi connectivity index (χ2n) is 5.82. The average Bonchev–Trinajstić information content (AvgIpc) is 2.57. The van der Waals surface area contributed by atoms with Gasteiger partial charge < -0.3 is 10.6 Å². The van der Waals surface area contributed by atoms with Crippen molar-refractivity contribution in [3.63, 3.8) is 0 Å². The smallest absolute Gasteiger partial charge is 0.191 e. The molecular formula is C19H24ClN3.